The number of rotatable bonds is 3. The Morgan fingerprint density at radius 3 is 2.73 bits per heavy atom. The van der Waals surface area contributed by atoms with Gasteiger partial charge in [-0.25, -0.2) is 0 Å². The van der Waals surface area contributed by atoms with Gasteiger partial charge in [0.2, 0.25) is 0 Å². The number of aliphatic carboxylic acids is 1. The van der Waals surface area contributed by atoms with E-state index in [1.165, 1.54) is 6.07 Å². The normalized spacial score (nSPS) is 9.67. The zero-order valence-electron chi connectivity index (χ0n) is 8.25. The van der Waals surface area contributed by atoms with Crippen molar-refractivity contribution in [2.24, 2.45) is 0 Å². The monoisotopic (exact) mass is 223 g/mol. The van der Waals surface area contributed by atoms with Crippen LogP contribution in [0, 0.1) is 11.3 Å². The van der Waals surface area contributed by atoms with E-state index < -0.39 is 5.97 Å². The predicted molar refractivity (Wildman–Crippen MR) is 56.9 cm³/mol. The van der Waals surface area contributed by atoms with Crippen LogP contribution in [0.3, 0.4) is 0 Å². The van der Waals surface area contributed by atoms with E-state index in [2.05, 4.69) is 0 Å². The molecule has 1 rings (SSSR count). The summed E-state index contributed by atoms with van der Waals surface area (Å²) in [6.07, 6.45) is 0.592. The molecule has 0 aromatic heterocycles. The first kappa shape index (κ1) is 11.5. The number of carboxylic acids is 1. The Labute approximate surface area is 92.9 Å². The van der Waals surface area contributed by atoms with Crippen molar-refractivity contribution in [2.45, 2.75) is 19.8 Å². The summed E-state index contributed by atoms with van der Waals surface area (Å²) in [7, 11) is 0. The van der Waals surface area contributed by atoms with Gasteiger partial charge in [-0.05, 0) is 23.6 Å². The van der Waals surface area contributed by atoms with Crippen LogP contribution in [-0.4, -0.2) is 11.1 Å². The van der Waals surface area contributed by atoms with Crippen LogP contribution in [0.1, 0.15) is 23.6 Å². The van der Waals surface area contributed by atoms with Crippen LogP contribution in [0.4, 0.5) is 0 Å². The minimum absolute atomic E-state index is 0.0710. The third kappa shape index (κ3) is 2.71. The number of hydrogen-bond acceptors (Lipinski definition) is 2. The van der Waals surface area contributed by atoms with Gasteiger partial charge in [-0.1, -0.05) is 24.6 Å². The molecule has 0 unspecified atom stereocenters. The maximum Gasteiger partial charge on any atom is 0.307 e. The summed E-state index contributed by atoms with van der Waals surface area (Å²) in [5.74, 6) is -0.905. The fourth-order valence-electron chi connectivity index (χ4n) is 1.41. The standard InChI is InChI=1S/C11H10ClNO2/c1-2-8-3-7(5-11(14)15)4-10(12)9(8)6-13/h3-4H,2,5H2,1H3,(H,14,15). The molecular weight excluding hydrogens is 214 g/mol. The van der Waals surface area contributed by atoms with Gasteiger partial charge in [0.25, 0.3) is 0 Å². The molecule has 0 amide bonds. The summed E-state index contributed by atoms with van der Waals surface area (Å²) >= 11 is 5.88. The number of nitrogens with zero attached hydrogens (tertiary/aromatic N) is 1. The second kappa shape index (κ2) is 4.81. The van der Waals surface area contributed by atoms with Crippen molar-refractivity contribution in [3.05, 3.63) is 33.8 Å². The van der Waals surface area contributed by atoms with Gasteiger partial charge in [0.05, 0.1) is 17.0 Å². The number of carboxylic acid groups (broad SMARTS) is 1. The zero-order chi connectivity index (χ0) is 11.4. The summed E-state index contributed by atoms with van der Waals surface area (Å²) in [5.41, 5.74) is 1.86. The Hall–Kier alpha value is -1.53. The van der Waals surface area contributed by atoms with E-state index >= 15 is 0 Å². The number of aryl methyl sites for hydroxylation is 1. The number of halogens is 1. The topological polar surface area (TPSA) is 61.1 Å². The summed E-state index contributed by atoms with van der Waals surface area (Å²) in [4.78, 5) is 10.5. The molecule has 0 fully saturated rings. The van der Waals surface area contributed by atoms with Crippen LogP contribution >= 0.6 is 11.6 Å². The number of carbonyl (C=O) groups is 1. The number of hydrogen-bond donors (Lipinski definition) is 1. The van der Waals surface area contributed by atoms with Crippen molar-refractivity contribution >= 4 is 17.6 Å². The molecule has 0 radical (unpaired) electrons. The van der Waals surface area contributed by atoms with Gasteiger partial charge < -0.3 is 5.11 Å². The van der Waals surface area contributed by atoms with Crippen LogP contribution < -0.4 is 0 Å². The third-order valence-corrected chi connectivity index (χ3v) is 2.38. The van der Waals surface area contributed by atoms with Gasteiger partial charge >= 0.3 is 5.97 Å². The average molecular weight is 224 g/mol. The van der Waals surface area contributed by atoms with Crippen molar-refractivity contribution < 1.29 is 9.90 Å². The highest BCUT2D eigenvalue weighted by atomic mass is 35.5. The molecule has 0 atom stereocenters. The first-order valence-corrected chi connectivity index (χ1v) is 4.89. The maximum atomic E-state index is 10.5. The molecule has 0 aliphatic carbocycles. The highest BCUT2D eigenvalue weighted by Crippen LogP contribution is 2.22. The van der Waals surface area contributed by atoms with Gasteiger partial charge in [0.15, 0.2) is 0 Å². The van der Waals surface area contributed by atoms with Gasteiger partial charge in [-0.15, -0.1) is 0 Å². The van der Waals surface area contributed by atoms with Crippen LogP contribution in [0.15, 0.2) is 12.1 Å². The smallest absolute Gasteiger partial charge is 0.307 e. The summed E-state index contributed by atoms with van der Waals surface area (Å²) in [6.45, 7) is 1.90. The highest BCUT2D eigenvalue weighted by molar-refractivity contribution is 6.31. The molecule has 1 aromatic carbocycles. The minimum Gasteiger partial charge on any atom is -0.481 e. The molecule has 0 heterocycles. The Bertz CT molecular complexity index is 435. The predicted octanol–water partition coefficient (Wildman–Crippen LogP) is 2.40. The van der Waals surface area contributed by atoms with Crippen LogP contribution in [-0.2, 0) is 17.6 Å². The molecule has 4 heteroatoms. The summed E-state index contributed by atoms with van der Waals surface area (Å²) in [6, 6.07) is 5.27. The molecule has 0 bridgehead atoms. The first-order valence-electron chi connectivity index (χ1n) is 4.51. The third-order valence-electron chi connectivity index (χ3n) is 2.08. The van der Waals surface area contributed by atoms with Gasteiger partial charge in [-0.3, -0.25) is 4.79 Å². The van der Waals surface area contributed by atoms with Crippen molar-refractivity contribution in [2.75, 3.05) is 0 Å². The van der Waals surface area contributed by atoms with E-state index in [1.807, 2.05) is 13.0 Å². The van der Waals surface area contributed by atoms with E-state index in [-0.39, 0.29) is 6.42 Å². The fraction of sp³-hybridized carbons (Fsp3) is 0.273. The molecular formula is C11H10ClNO2. The quantitative estimate of drug-likeness (QED) is 0.856. The second-order valence-electron chi connectivity index (χ2n) is 3.15. The number of benzene rings is 1. The second-order valence-corrected chi connectivity index (χ2v) is 3.55. The van der Waals surface area contributed by atoms with E-state index in [9.17, 15) is 4.79 Å². The van der Waals surface area contributed by atoms with Crippen LogP contribution in [0.2, 0.25) is 5.02 Å². The largest absolute Gasteiger partial charge is 0.481 e. The average Bonchev–Trinajstić information content (AvgIpc) is 2.15. The van der Waals surface area contributed by atoms with Gasteiger partial charge in [-0.2, -0.15) is 5.26 Å². The number of nitriles is 1. The first-order chi connectivity index (χ1) is 7.08. The molecule has 0 saturated carbocycles. The molecule has 3 nitrogen and oxygen atoms in total. The van der Waals surface area contributed by atoms with Crippen LogP contribution in [0.5, 0.6) is 0 Å². The lowest BCUT2D eigenvalue weighted by Crippen LogP contribution is -2.02. The Morgan fingerprint density at radius 1 is 1.60 bits per heavy atom. The maximum absolute atomic E-state index is 10.5. The van der Waals surface area contributed by atoms with E-state index in [0.717, 1.165) is 5.56 Å². The molecule has 78 valence electrons. The van der Waals surface area contributed by atoms with Crippen molar-refractivity contribution in [3.8, 4) is 6.07 Å². The van der Waals surface area contributed by atoms with Gasteiger partial charge in [0.1, 0.15) is 6.07 Å². The minimum atomic E-state index is -0.905. The van der Waals surface area contributed by atoms with Gasteiger partial charge in [0, 0.05) is 0 Å². The van der Waals surface area contributed by atoms with Crippen molar-refractivity contribution in [1.29, 1.82) is 5.26 Å². The lowest BCUT2D eigenvalue weighted by molar-refractivity contribution is -0.136. The lowest BCUT2D eigenvalue weighted by atomic mass is 10.0. The fourth-order valence-corrected chi connectivity index (χ4v) is 1.71. The Morgan fingerprint density at radius 2 is 2.27 bits per heavy atom. The van der Waals surface area contributed by atoms with Crippen molar-refractivity contribution in [1.82, 2.24) is 0 Å². The summed E-state index contributed by atoms with van der Waals surface area (Å²) in [5, 5.41) is 17.8. The molecule has 0 aliphatic heterocycles. The Balaban J connectivity index is 3.21. The van der Waals surface area contributed by atoms with E-state index in [1.54, 1.807) is 6.07 Å². The molecule has 1 aromatic rings. The zero-order valence-corrected chi connectivity index (χ0v) is 9.01. The SMILES string of the molecule is CCc1cc(CC(=O)O)cc(Cl)c1C#N. The molecule has 0 aliphatic rings. The molecule has 0 saturated heterocycles. The Kier molecular flexibility index (Phi) is 3.70. The van der Waals surface area contributed by atoms with E-state index in [0.29, 0.717) is 22.6 Å². The molecule has 0 spiro atoms. The molecule has 15 heavy (non-hydrogen) atoms. The molecule has 1 N–H and O–H groups in total. The highest BCUT2D eigenvalue weighted by Gasteiger charge is 2.09. The van der Waals surface area contributed by atoms with Crippen LogP contribution in [0.25, 0.3) is 0 Å². The summed E-state index contributed by atoms with van der Waals surface area (Å²) < 4.78 is 0. The van der Waals surface area contributed by atoms with Crippen molar-refractivity contribution in [3.63, 3.8) is 0 Å². The lowest BCUT2D eigenvalue weighted by Gasteiger charge is -2.06. The van der Waals surface area contributed by atoms with E-state index in [4.69, 9.17) is 22.0 Å².